The molecule has 120 valence electrons. The summed E-state index contributed by atoms with van der Waals surface area (Å²) in [6, 6.07) is 4.18. The highest BCUT2D eigenvalue weighted by atomic mass is 16.6. The van der Waals surface area contributed by atoms with Crippen LogP contribution in [0, 0.1) is 12.3 Å². The van der Waals surface area contributed by atoms with E-state index < -0.39 is 5.60 Å². The molecule has 1 aromatic heterocycles. The van der Waals surface area contributed by atoms with Crippen LogP contribution in [0.1, 0.15) is 32.9 Å². The molecule has 0 aromatic carbocycles. The van der Waals surface area contributed by atoms with E-state index in [1.54, 1.807) is 0 Å². The van der Waals surface area contributed by atoms with Gasteiger partial charge in [-0.25, -0.2) is 4.79 Å². The number of likely N-dealkylation sites (tertiary alicyclic amines) is 1. The van der Waals surface area contributed by atoms with Crippen molar-refractivity contribution < 1.29 is 9.53 Å². The van der Waals surface area contributed by atoms with E-state index in [0.29, 0.717) is 0 Å². The largest absolute Gasteiger partial charge is 0.444 e. The highest BCUT2D eigenvalue weighted by Crippen LogP contribution is 2.41. The number of ether oxygens (including phenoxy) is 1. The van der Waals surface area contributed by atoms with Crippen molar-refractivity contribution in [3.63, 3.8) is 0 Å². The first-order chi connectivity index (χ1) is 10.3. The summed E-state index contributed by atoms with van der Waals surface area (Å²) in [5.74, 6) is 0. The molecule has 0 radical (unpaired) electrons. The maximum Gasteiger partial charge on any atom is 0.410 e. The summed E-state index contributed by atoms with van der Waals surface area (Å²) in [6.45, 7) is 11.4. The van der Waals surface area contributed by atoms with E-state index in [1.165, 1.54) is 5.69 Å². The summed E-state index contributed by atoms with van der Waals surface area (Å²) in [6.07, 6.45) is 2.88. The van der Waals surface area contributed by atoms with E-state index in [0.717, 1.165) is 38.3 Å². The molecular weight excluding hydrogens is 278 g/mol. The van der Waals surface area contributed by atoms with Gasteiger partial charge < -0.3 is 14.5 Å². The molecule has 0 aliphatic carbocycles. The first kappa shape index (κ1) is 15.1. The quantitative estimate of drug-likeness (QED) is 0.800. The Hall–Kier alpha value is -1.78. The first-order valence-corrected chi connectivity index (χ1v) is 7.92. The molecule has 0 N–H and O–H groups in total. The number of carbonyl (C=O) groups excluding carboxylic acids is 1. The average molecular weight is 303 g/mol. The maximum atomic E-state index is 12.1. The third-order valence-electron chi connectivity index (χ3n) is 4.40. The molecule has 0 bridgehead atoms. The molecule has 3 heterocycles. The Morgan fingerprint density at radius 3 is 2.59 bits per heavy atom. The van der Waals surface area contributed by atoms with Crippen LogP contribution in [0.4, 0.5) is 10.5 Å². The summed E-state index contributed by atoms with van der Waals surface area (Å²) < 4.78 is 5.43. The highest BCUT2D eigenvalue weighted by Gasteiger charge is 2.50. The number of amides is 1. The van der Waals surface area contributed by atoms with Gasteiger partial charge in [0.15, 0.2) is 0 Å². The molecule has 0 unspecified atom stereocenters. The van der Waals surface area contributed by atoms with Gasteiger partial charge in [0.2, 0.25) is 0 Å². The molecule has 2 saturated heterocycles. The lowest BCUT2D eigenvalue weighted by Crippen LogP contribution is -2.60. The number of nitrogens with zero attached hydrogens (tertiary/aromatic N) is 3. The number of anilines is 1. The van der Waals surface area contributed by atoms with E-state index in [2.05, 4.69) is 16.0 Å². The van der Waals surface area contributed by atoms with Crippen molar-refractivity contribution in [2.24, 2.45) is 5.41 Å². The van der Waals surface area contributed by atoms with Gasteiger partial charge in [-0.2, -0.15) is 0 Å². The number of rotatable bonds is 1. The maximum absolute atomic E-state index is 12.1. The van der Waals surface area contributed by atoms with Gasteiger partial charge in [-0.05, 0) is 46.2 Å². The molecule has 5 heteroatoms. The monoisotopic (exact) mass is 303 g/mol. The van der Waals surface area contributed by atoms with Crippen molar-refractivity contribution in [2.45, 2.75) is 39.7 Å². The van der Waals surface area contributed by atoms with Crippen LogP contribution in [0.3, 0.4) is 0 Å². The van der Waals surface area contributed by atoms with Gasteiger partial charge in [-0.15, -0.1) is 0 Å². The molecule has 1 spiro atoms. The van der Waals surface area contributed by atoms with Gasteiger partial charge in [0.25, 0.3) is 0 Å². The zero-order chi connectivity index (χ0) is 16.0. The standard InChI is InChI=1S/C17H25N3O2/c1-13-5-6-14(9-18-13)19-8-7-17(10-19)11-20(12-17)15(21)22-16(2,3)4/h5-6,9H,7-8,10-12H2,1-4H3. The van der Waals surface area contributed by atoms with Crippen LogP contribution in [0.25, 0.3) is 0 Å². The average Bonchev–Trinajstić information content (AvgIpc) is 2.81. The minimum atomic E-state index is -0.422. The van der Waals surface area contributed by atoms with Crippen molar-refractivity contribution in [3.8, 4) is 0 Å². The molecule has 2 fully saturated rings. The van der Waals surface area contributed by atoms with Crippen LogP contribution in [0.5, 0.6) is 0 Å². The Balaban J connectivity index is 1.56. The van der Waals surface area contributed by atoms with Crippen LogP contribution in [0.2, 0.25) is 0 Å². The predicted octanol–water partition coefficient (Wildman–Crippen LogP) is 2.84. The number of aryl methyl sites for hydroxylation is 1. The smallest absolute Gasteiger partial charge is 0.410 e. The van der Waals surface area contributed by atoms with Crippen LogP contribution in [-0.2, 0) is 4.74 Å². The van der Waals surface area contributed by atoms with Crippen molar-refractivity contribution in [3.05, 3.63) is 24.0 Å². The second kappa shape index (κ2) is 5.14. The molecule has 0 saturated carbocycles. The fraction of sp³-hybridized carbons (Fsp3) is 0.647. The first-order valence-electron chi connectivity index (χ1n) is 7.92. The Kier molecular flexibility index (Phi) is 3.54. The SMILES string of the molecule is Cc1ccc(N2CCC3(CN(C(=O)OC(C)(C)C)C3)C2)cn1. The number of hydrogen-bond acceptors (Lipinski definition) is 4. The van der Waals surface area contributed by atoms with Gasteiger partial charge in [0.05, 0.1) is 11.9 Å². The van der Waals surface area contributed by atoms with Crippen LogP contribution in [-0.4, -0.2) is 47.8 Å². The van der Waals surface area contributed by atoms with E-state index in [9.17, 15) is 4.79 Å². The Bertz CT molecular complexity index is 556. The molecule has 22 heavy (non-hydrogen) atoms. The lowest BCUT2D eigenvalue weighted by atomic mass is 9.79. The number of carbonyl (C=O) groups is 1. The molecule has 0 atom stereocenters. The summed E-state index contributed by atoms with van der Waals surface area (Å²) in [5, 5.41) is 0. The van der Waals surface area contributed by atoms with Crippen molar-refractivity contribution in [2.75, 3.05) is 31.1 Å². The third-order valence-corrected chi connectivity index (χ3v) is 4.40. The highest BCUT2D eigenvalue weighted by molar-refractivity contribution is 5.69. The van der Waals surface area contributed by atoms with Gasteiger partial charge in [-0.1, -0.05) is 0 Å². The Morgan fingerprint density at radius 1 is 1.27 bits per heavy atom. The van der Waals surface area contributed by atoms with Crippen molar-refractivity contribution in [1.29, 1.82) is 0 Å². The summed E-state index contributed by atoms with van der Waals surface area (Å²) in [7, 11) is 0. The fourth-order valence-electron chi connectivity index (χ4n) is 3.28. The second-order valence-corrected chi connectivity index (χ2v) is 7.67. The Labute approximate surface area is 132 Å². The van der Waals surface area contributed by atoms with Gasteiger partial charge in [0.1, 0.15) is 5.60 Å². The zero-order valence-corrected chi connectivity index (χ0v) is 13.9. The minimum Gasteiger partial charge on any atom is -0.444 e. The van der Waals surface area contributed by atoms with E-state index in [4.69, 9.17) is 4.74 Å². The van der Waals surface area contributed by atoms with Gasteiger partial charge >= 0.3 is 6.09 Å². The summed E-state index contributed by atoms with van der Waals surface area (Å²) in [4.78, 5) is 20.6. The zero-order valence-electron chi connectivity index (χ0n) is 13.9. The number of hydrogen-bond donors (Lipinski definition) is 0. The molecular formula is C17H25N3O2. The van der Waals surface area contributed by atoms with E-state index in [-0.39, 0.29) is 11.5 Å². The molecule has 1 aromatic rings. The lowest BCUT2D eigenvalue weighted by Gasteiger charge is -2.47. The molecule has 3 rings (SSSR count). The minimum absolute atomic E-state index is 0.187. The summed E-state index contributed by atoms with van der Waals surface area (Å²) in [5.41, 5.74) is 2.03. The number of aromatic nitrogens is 1. The fourth-order valence-corrected chi connectivity index (χ4v) is 3.28. The molecule has 2 aliphatic heterocycles. The lowest BCUT2D eigenvalue weighted by molar-refractivity contribution is -0.0266. The predicted molar refractivity (Wildman–Crippen MR) is 86.0 cm³/mol. The second-order valence-electron chi connectivity index (χ2n) is 7.67. The number of pyridine rings is 1. The van der Waals surface area contributed by atoms with E-state index in [1.807, 2.05) is 44.9 Å². The summed E-state index contributed by atoms with van der Waals surface area (Å²) >= 11 is 0. The van der Waals surface area contributed by atoms with Crippen LogP contribution >= 0.6 is 0 Å². The normalized spacial score (nSPS) is 20.2. The van der Waals surface area contributed by atoms with Crippen LogP contribution in [0.15, 0.2) is 18.3 Å². The van der Waals surface area contributed by atoms with Crippen LogP contribution < -0.4 is 4.90 Å². The molecule has 1 amide bonds. The van der Waals surface area contributed by atoms with E-state index >= 15 is 0 Å². The molecule has 5 nitrogen and oxygen atoms in total. The van der Waals surface area contributed by atoms with Crippen molar-refractivity contribution in [1.82, 2.24) is 9.88 Å². The molecule has 2 aliphatic rings. The van der Waals surface area contributed by atoms with Crippen molar-refractivity contribution >= 4 is 11.8 Å². The topological polar surface area (TPSA) is 45.7 Å². The third kappa shape index (κ3) is 3.03. The Morgan fingerprint density at radius 2 is 2.00 bits per heavy atom. The van der Waals surface area contributed by atoms with Gasteiger partial charge in [-0.3, -0.25) is 4.98 Å². The van der Waals surface area contributed by atoms with Gasteiger partial charge in [0, 0.05) is 37.3 Å².